The van der Waals surface area contributed by atoms with E-state index in [2.05, 4.69) is 19.8 Å². The molecule has 0 aliphatic carbocycles. The van der Waals surface area contributed by atoms with Crippen LogP contribution in [0.1, 0.15) is 16.2 Å². The third-order valence-corrected chi connectivity index (χ3v) is 5.17. The van der Waals surface area contributed by atoms with E-state index in [1.165, 1.54) is 6.07 Å². The molecule has 1 aromatic heterocycles. The summed E-state index contributed by atoms with van der Waals surface area (Å²) in [6.45, 7) is -0.140. The highest BCUT2D eigenvalue weighted by molar-refractivity contribution is 6.30. The summed E-state index contributed by atoms with van der Waals surface area (Å²) < 4.78 is 35.1. The van der Waals surface area contributed by atoms with Crippen molar-refractivity contribution in [3.63, 3.8) is 0 Å². The van der Waals surface area contributed by atoms with Crippen molar-refractivity contribution in [1.82, 2.24) is 19.9 Å². The smallest absolute Gasteiger partial charge is 0.387 e. The lowest BCUT2D eigenvalue weighted by molar-refractivity contribution is -0.0494. The molecule has 1 saturated heterocycles. The van der Waals surface area contributed by atoms with E-state index in [4.69, 9.17) is 16.1 Å². The van der Waals surface area contributed by atoms with Gasteiger partial charge in [-0.2, -0.15) is 13.8 Å². The molecule has 1 fully saturated rings. The van der Waals surface area contributed by atoms with Gasteiger partial charge in [-0.1, -0.05) is 28.9 Å². The first-order valence-corrected chi connectivity index (χ1v) is 10.0. The summed E-state index contributed by atoms with van der Waals surface area (Å²) >= 11 is 5.88. The van der Waals surface area contributed by atoms with Crippen LogP contribution >= 0.6 is 11.6 Å². The maximum atomic E-state index is 12.6. The fourth-order valence-electron chi connectivity index (χ4n) is 3.35. The number of alkyl halides is 2. The first-order valence-electron chi connectivity index (χ1n) is 9.63. The van der Waals surface area contributed by atoms with Crippen molar-refractivity contribution in [2.45, 2.75) is 13.2 Å². The Balaban J connectivity index is 1.35. The number of rotatable bonds is 6. The molecule has 31 heavy (non-hydrogen) atoms. The lowest BCUT2D eigenvalue weighted by atomic mass is 10.2. The minimum atomic E-state index is -2.94. The maximum Gasteiger partial charge on any atom is 0.387 e. The van der Waals surface area contributed by atoms with Gasteiger partial charge in [0.05, 0.1) is 12.1 Å². The number of piperazine rings is 1. The zero-order valence-corrected chi connectivity index (χ0v) is 17.1. The lowest BCUT2D eigenvalue weighted by Crippen LogP contribution is -2.48. The summed E-state index contributed by atoms with van der Waals surface area (Å²) in [6.07, 6.45) is 0. The number of hydrogen-bond donors (Lipinski definition) is 0. The summed E-state index contributed by atoms with van der Waals surface area (Å²) in [7, 11) is 0. The summed E-state index contributed by atoms with van der Waals surface area (Å²) in [5.74, 6) is 0.494. The second kappa shape index (κ2) is 9.40. The van der Waals surface area contributed by atoms with Crippen LogP contribution in [0.25, 0.3) is 11.4 Å². The number of carbonyl (C=O) groups excluding carboxylic acids is 1. The molecule has 0 unspecified atom stereocenters. The van der Waals surface area contributed by atoms with Crippen molar-refractivity contribution >= 4 is 17.5 Å². The summed E-state index contributed by atoms with van der Waals surface area (Å²) in [5, 5.41) is 4.48. The van der Waals surface area contributed by atoms with Crippen LogP contribution in [-0.2, 0) is 6.54 Å². The molecule has 0 radical (unpaired) electrons. The van der Waals surface area contributed by atoms with Crippen LogP contribution in [-0.4, -0.2) is 58.6 Å². The number of carbonyl (C=O) groups is 1. The molecule has 4 rings (SSSR count). The number of amides is 1. The highest BCUT2D eigenvalue weighted by Gasteiger charge is 2.24. The van der Waals surface area contributed by atoms with Gasteiger partial charge >= 0.3 is 6.61 Å². The fourth-order valence-corrected chi connectivity index (χ4v) is 3.48. The molecule has 162 valence electrons. The summed E-state index contributed by atoms with van der Waals surface area (Å²) in [6, 6.07) is 13.1. The summed E-state index contributed by atoms with van der Waals surface area (Å²) in [4.78, 5) is 20.8. The topological polar surface area (TPSA) is 71.7 Å². The Bertz CT molecular complexity index is 1040. The van der Waals surface area contributed by atoms with Crippen molar-refractivity contribution in [1.29, 1.82) is 0 Å². The molecule has 0 saturated carbocycles. The van der Waals surface area contributed by atoms with Crippen molar-refractivity contribution < 1.29 is 22.8 Å². The lowest BCUT2D eigenvalue weighted by Gasteiger charge is -2.34. The van der Waals surface area contributed by atoms with Crippen LogP contribution in [0.3, 0.4) is 0 Å². The largest absolute Gasteiger partial charge is 0.434 e. The molecule has 0 N–H and O–H groups in total. The van der Waals surface area contributed by atoms with Crippen LogP contribution in [0.2, 0.25) is 5.02 Å². The minimum Gasteiger partial charge on any atom is -0.434 e. The van der Waals surface area contributed by atoms with E-state index in [0.29, 0.717) is 54.8 Å². The number of ether oxygens (including phenoxy) is 1. The van der Waals surface area contributed by atoms with Crippen LogP contribution < -0.4 is 4.74 Å². The first-order chi connectivity index (χ1) is 15.0. The van der Waals surface area contributed by atoms with Gasteiger partial charge in [-0.25, -0.2) is 0 Å². The SMILES string of the molecule is O=C(c1ccc(Cl)cc1)N1CCN(Cc2nc(-c3ccccc3OC(F)F)no2)CC1. The normalized spacial score (nSPS) is 14.8. The Morgan fingerprint density at radius 3 is 2.52 bits per heavy atom. The van der Waals surface area contributed by atoms with Crippen LogP contribution in [0.15, 0.2) is 53.1 Å². The Hall–Kier alpha value is -3.04. The fraction of sp³-hybridized carbons (Fsp3) is 0.286. The molecule has 1 amide bonds. The van der Waals surface area contributed by atoms with Gasteiger partial charge in [0.2, 0.25) is 11.7 Å². The van der Waals surface area contributed by atoms with Gasteiger partial charge in [0.1, 0.15) is 5.75 Å². The van der Waals surface area contributed by atoms with Crippen LogP contribution in [0, 0.1) is 0 Å². The predicted molar refractivity (Wildman–Crippen MR) is 109 cm³/mol. The molecule has 0 spiro atoms. The molecule has 7 nitrogen and oxygen atoms in total. The molecule has 1 aliphatic heterocycles. The van der Waals surface area contributed by atoms with E-state index < -0.39 is 6.61 Å². The molecule has 10 heteroatoms. The van der Waals surface area contributed by atoms with E-state index in [0.717, 1.165) is 0 Å². The van der Waals surface area contributed by atoms with E-state index in [-0.39, 0.29) is 17.5 Å². The van der Waals surface area contributed by atoms with Crippen LogP contribution in [0.5, 0.6) is 5.75 Å². The quantitative estimate of drug-likeness (QED) is 0.568. The third kappa shape index (κ3) is 5.18. The number of hydrogen-bond acceptors (Lipinski definition) is 6. The summed E-state index contributed by atoms with van der Waals surface area (Å²) in [5.41, 5.74) is 0.931. The van der Waals surface area contributed by atoms with Gasteiger partial charge in [-0.15, -0.1) is 0 Å². The molecule has 3 aromatic rings. The number of halogens is 3. The predicted octanol–water partition coefficient (Wildman–Crippen LogP) is 3.95. The van der Waals surface area contributed by atoms with Gasteiger partial charge < -0.3 is 14.2 Å². The molecular weight excluding hydrogens is 430 g/mol. The Morgan fingerprint density at radius 1 is 1.10 bits per heavy atom. The number of nitrogens with zero attached hydrogens (tertiary/aromatic N) is 4. The van der Waals surface area contributed by atoms with E-state index >= 15 is 0 Å². The van der Waals surface area contributed by atoms with Crippen molar-refractivity contribution in [2.75, 3.05) is 26.2 Å². The minimum absolute atomic E-state index is 0.0147. The average Bonchev–Trinajstić information content (AvgIpc) is 3.22. The van der Waals surface area contributed by atoms with Gasteiger partial charge in [-0.05, 0) is 36.4 Å². The third-order valence-electron chi connectivity index (χ3n) is 4.92. The van der Waals surface area contributed by atoms with Gasteiger partial charge in [0.15, 0.2) is 0 Å². The molecule has 2 aromatic carbocycles. The highest BCUT2D eigenvalue weighted by atomic mass is 35.5. The average molecular weight is 449 g/mol. The second-order valence-electron chi connectivity index (χ2n) is 6.96. The van der Waals surface area contributed by atoms with Crippen LogP contribution in [0.4, 0.5) is 8.78 Å². The van der Waals surface area contributed by atoms with E-state index in [1.807, 2.05) is 0 Å². The number of aromatic nitrogens is 2. The van der Waals surface area contributed by atoms with E-state index in [1.54, 1.807) is 47.4 Å². The highest BCUT2D eigenvalue weighted by Crippen LogP contribution is 2.29. The van der Waals surface area contributed by atoms with E-state index in [9.17, 15) is 13.6 Å². The van der Waals surface area contributed by atoms with Crippen molar-refractivity contribution in [3.8, 4) is 17.1 Å². The molecule has 0 atom stereocenters. The van der Waals surface area contributed by atoms with Gasteiger partial charge in [0.25, 0.3) is 5.91 Å². The first kappa shape index (κ1) is 21.2. The van der Waals surface area contributed by atoms with Gasteiger partial charge in [-0.3, -0.25) is 9.69 Å². The Morgan fingerprint density at radius 2 is 1.81 bits per heavy atom. The Labute approximate surface area is 182 Å². The van der Waals surface area contributed by atoms with Crippen molar-refractivity contribution in [2.24, 2.45) is 0 Å². The van der Waals surface area contributed by atoms with Gasteiger partial charge in [0, 0.05) is 36.8 Å². The standard InChI is InChI=1S/C21H19ClF2N4O3/c22-15-7-5-14(6-8-15)20(29)28-11-9-27(10-12-28)13-18-25-19(26-31-18)16-3-1-2-4-17(16)30-21(23)24/h1-8,21H,9-13H2. The zero-order valence-electron chi connectivity index (χ0n) is 16.4. The molecule has 0 bridgehead atoms. The zero-order chi connectivity index (χ0) is 21.8. The Kier molecular flexibility index (Phi) is 6.43. The number of para-hydroxylation sites is 1. The number of benzene rings is 2. The monoisotopic (exact) mass is 448 g/mol. The second-order valence-corrected chi connectivity index (χ2v) is 7.40. The molecule has 2 heterocycles. The van der Waals surface area contributed by atoms with Crippen molar-refractivity contribution in [3.05, 3.63) is 65.0 Å². The maximum absolute atomic E-state index is 12.6. The molecular formula is C21H19ClF2N4O3. The molecule has 1 aliphatic rings.